The average molecular weight is 329 g/mol. The monoisotopic (exact) mass is 329 g/mol. The first kappa shape index (κ1) is 18.1. The Hall–Kier alpha value is -1.25. The number of rotatable bonds is 7. The molecule has 130 valence electrons. The van der Waals surface area contributed by atoms with Crippen LogP contribution in [0.4, 0.5) is 4.39 Å². The maximum absolute atomic E-state index is 12.8. The number of nitrogens with one attached hydrogen (secondary N) is 1. The first-order valence-electron chi connectivity index (χ1n) is 7.54. The summed E-state index contributed by atoms with van der Waals surface area (Å²) in [6.07, 6.45) is -0.793. The first-order chi connectivity index (χ1) is 10.8. The maximum Gasteiger partial charge on any atom is 0.162 e. The molecule has 1 heterocycles. The van der Waals surface area contributed by atoms with Crippen molar-refractivity contribution in [1.29, 1.82) is 0 Å². The Labute approximate surface area is 135 Å². The number of hydrogen-bond donors (Lipinski definition) is 3. The second-order valence-corrected chi connectivity index (χ2v) is 6.22. The van der Waals surface area contributed by atoms with Gasteiger partial charge in [-0.05, 0) is 38.1 Å². The van der Waals surface area contributed by atoms with E-state index in [1.165, 1.54) is 24.3 Å². The van der Waals surface area contributed by atoms with Crippen LogP contribution in [-0.4, -0.2) is 60.6 Å². The molecule has 0 bridgehead atoms. The minimum atomic E-state index is -0.793. The molecule has 1 fully saturated rings. The van der Waals surface area contributed by atoms with Crippen molar-refractivity contribution in [2.45, 2.75) is 31.3 Å². The predicted octanol–water partition coefficient (Wildman–Crippen LogP) is 0.669. The standard InChI is InChI=1S/C16H24FNO5/c1-15(2)22-10-16(9-19,11-23-15)18-7-13(20)8-21-14-5-3-12(17)4-6-14/h3-6,13,18-20H,7-11H2,1-2H3/t13-/m1/s1. The highest BCUT2D eigenvalue weighted by Gasteiger charge is 2.39. The third-order valence-electron chi connectivity index (χ3n) is 3.66. The average Bonchev–Trinajstić information content (AvgIpc) is 2.54. The van der Waals surface area contributed by atoms with Crippen LogP contribution in [0.1, 0.15) is 13.8 Å². The molecule has 1 saturated heterocycles. The molecular weight excluding hydrogens is 305 g/mol. The van der Waals surface area contributed by atoms with Gasteiger partial charge in [0.2, 0.25) is 0 Å². The Bertz CT molecular complexity index is 484. The number of halogens is 1. The summed E-state index contributed by atoms with van der Waals surface area (Å²) >= 11 is 0. The van der Waals surface area contributed by atoms with Gasteiger partial charge >= 0.3 is 0 Å². The summed E-state index contributed by atoms with van der Waals surface area (Å²) < 4.78 is 29.3. The molecule has 1 aromatic rings. The summed E-state index contributed by atoms with van der Waals surface area (Å²) in [6.45, 7) is 4.25. The highest BCUT2D eigenvalue weighted by molar-refractivity contribution is 5.22. The van der Waals surface area contributed by atoms with Crippen LogP contribution in [0.15, 0.2) is 24.3 Å². The molecule has 1 aliphatic heterocycles. The molecule has 1 atom stereocenters. The van der Waals surface area contributed by atoms with Crippen LogP contribution in [0.3, 0.4) is 0 Å². The van der Waals surface area contributed by atoms with E-state index in [9.17, 15) is 14.6 Å². The van der Waals surface area contributed by atoms with Crippen molar-refractivity contribution < 1.29 is 28.8 Å². The number of hydrogen-bond acceptors (Lipinski definition) is 6. The molecule has 1 aliphatic rings. The van der Waals surface area contributed by atoms with Crippen LogP contribution in [-0.2, 0) is 9.47 Å². The van der Waals surface area contributed by atoms with Gasteiger partial charge in [0.15, 0.2) is 5.79 Å². The molecule has 0 radical (unpaired) electrons. The van der Waals surface area contributed by atoms with Gasteiger partial charge in [0.1, 0.15) is 24.3 Å². The summed E-state index contributed by atoms with van der Waals surface area (Å²) in [5, 5.41) is 22.6. The minimum absolute atomic E-state index is 0.0490. The number of β-amino-alcohol motifs (C(OH)–C–C–N with tert-alkyl or cyclic N) is 1. The van der Waals surface area contributed by atoms with Crippen LogP contribution in [0.5, 0.6) is 5.75 Å². The molecule has 0 amide bonds. The van der Waals surface area contributed by atoms with E-state index >= 15 is 0 Å². The second kappa shape index (κ2) is 7.55. The maximum atomic E-state index is 12.8. The zero-order valence-corrected chi connectivity index (χ0v) is 13.4. The van der Waals surface area contributed by atoms with Crippen LogP contribution in [0.2, 0.25) is 0 Å². The van der Waals surface area contributed by atoms with Gasteiger partial charge in [0.05, 0.1) is 25.4 Å². The van der Waals surface area contributed by atoms with Crippen molar-refractivity contribution in [2.75, 3.05) is 33.0 Å². The van der Waals surface area contributed by atoms with Gasteiger partial charge in [-0.3, -0.25) is 0 Å². The van der Waals surface area contributed by atoms with E-state index in [1.54, 1.807) is 13.8 Å². The topological polar surface area (TPSA) is 80.2 Å². The Morgan fingerprint density at radius 1 is 1.26 bits per heavy atom. The van der Waals surface area contributed by atoms with Crippen LogP contribution >= 0.6 is 0 Å². The number of ether oxygens (including phenoxy) is 3. The molecular formula is C16H24FNO5. The van der Waals surface area contributed by atoms with Crippen LogP contribution in [0, 0.1) is 5.82 Å². The third kappa shape index (κ3) is 5.40. The second-order valence-electron chi connectivity index (χ2n) is 6.22. The van der Waals surface area contributed by atoms with Gasteiger partial charge in [0.25, 0.3) is 0 Å². The first-order valence-corrected chi connectivity index (χ1v) is 7.54. The van der Waals surface area contributed by atoms with E-state index in [0.29, 0.717) is 5.75 Å². The number of aliphatic hydroxyl groups is 2. The molecule has 0 saturated carbocycles. The van der Waals surface area contributed by atoms with Gasteiger partial charge in [-0.15, -0.1) is 0 Å². The Morgan fingerprint density at radius 2 is 1.87 bits per heavy atom. The molecule has 2 rings (SSSR count). The SMILES string of the molecule is CC1(C)OCC(CO)(NC[C@@H](O)COc2ccc(F)cc2)CO1. The van der Waals surface area contributed by atoms with Gasteiger partial charge in [-0.2, -0.15) is 0 Å². The highest BCUT2D eigenvalue weighted by Crippen LogP contribution is 2.23. The van der Waals surface area contributed by atoms with Crippen molar-refractivity contribution in [1.82, 2.24) is 5.32 Å². The van der Waals surface area contributed by atoms with Crippen molar-refractivity contribution in [3.8, 4) is 5.75 Å². The summed E-state index contributed by atoms with van der Waals surface area (Å²) in [4.78, 5) is 0. The van der Waals surface area contributed by atoms with Gasteiger partial charge in [-0.25, -0.2) is 4.39 Å². The zero-order valence-electron chi connectivity index (χ0n) is 13.4. The molecule has 23 heavy (non-hydrogen) atoms. The summed E-state index contributed by atoms with van der Waals surface area (Å²) in [5.74, 6) is -0.539. The number of aliphatic hydroxyl groups excluding tert-OH is 2. The molecule has 0 aliphatic carbocycles. The normalized spacial score (nSPS) is 20.9. The lowest BCUT2D eigenvalue weighted by Gasteiger charge is -2.43. The Kier molecular flexibility index (Phi) is 5.94. The van der Waals surface area contributed by atoms with Gasteiger partial charge in [0, 0.05) is 6.54 Å². The quantitative estimate of drug-likeness (QED) is 0.682. The fourth-order valence-corrected chi connectivity index (χ4v) is 2.07. The van der Waals surface area contributed by atoms with E-state index in [1.807, 2.05) is 0 Å². The molecule has 3 N–H and O–H groups in total. The van der Waals surface area contributed by atoms with E-state index in [-0.39, 0.29) is 38.8 Å². The van der Waals surface area contributed by atoms with Crippen LogP contribution in [0.25, 0.3) is 0 Å². The molecule has 0 aromatic heterocycles. The van der Waals surface area contributed by atoms with E-state index in [4.69, 9.17) is 14.2 Å². The third-order valence-corrected chi connectivity index (χ3v) is 3.66. The van der Waals surface area contributed by atoms with Crippen molar-refractivity contribution >= 4 is 0 Å². The van der Waals surface area contributed by atoms with Crippen molar-refractivity contribution in [2.24, 2.45) is 0 Å². The smallest absolute Gasteiger partial charge is 0.162 e. The van der Waals surface area contributed by atoms with Crippen molar-refractivity contribution in [3.05, 3.63) is 30.1 Å². The van der Waals surface area contributed by atoms with E-state index < -0.39 is 17.4 Å². The molecule has 7 heteroatoms. The van der Waals surface area contributed by atoms with Crippen LogP contribution < -0.4 is 10.1 Å². The molecule has 6 nitrogen and oxygen atoms in total. The largest absolute Gasteiger partial charge is 0.491 e. The fraction of sp³-hybridized carbons (Fsp3) is 0.625. The lowest BCUT2D eigenvalue weighted by molar-refractivity contribution is -0.275. The Balaban J connectivity index is 1.76. The summed E-state index contributed by atoms with van der Waals surface area (Å²) in [5.41, 5.74) is -0.744. The highest BCUT2D eigenvalue weighted by atomic mass is 19.1. The Morgan fingerprint density at radius 3 is 2.43 bits per heavy atom. The summed E-state index contributed by atoms with van der Waals surface area (Å²) in [7, 11) is 0. The van der Waals surface area contributed by atoms with Crippen molar-refractivity contribution in [3.63, 3.8) is 0 Å². The van der Waals surface area contributed by atoms with Gasteiger partial charge < -0.3 is 29.7 Å². The lowest BCUT2D eigenvalue weighted by Crippen LogP contribution is -2.63. The molecule has 1 aromatic carbocycles. The molecule has 0 unspecified atom stereocenters. The zero-order chi connectivity index (χ0) is 16.9. The fourth-order valence-electron chi connectivity index (χ4n) is 2.07. The predicted molar refractivity (Wildman–Crippen MR) is 81.7 cm³/mol. The van der Waals surface area contributed by atoms with E-state index in [0.717, 1.165) is 0 Å². The minimum Gasteiger partial charge on any atom is -0.491 e. The number of benzene rings is 1. The van der Waals surface area contributed by atoms with E-state index in [2.05, 4.69) is 5.32 Å². The lowest BCUT2D eigenvalue weighted by atomic mass is 10.0. The van der Waals surface area contributed by atoms with Gasteiger partial charge in [-0.1, -0.05) is 0 Å². The summed E-state index contributed by atoms with van der Waals surface area (Å²) in [6, 6.07) is 5.57. The molecule has 0 spiro atoms.